The molecule has 3 aromatic rings. The smallest absolute Gasteiger partial charge is 0.356 e. The van der Waals surface area contributed by atoms with E-state index in [0.29, 0.717) is 17.2 Å². The summed E-state index contributed by atoms with van der Waals surface area (Å²) in [4.78, 5) is 33.1. The number of hydrogen-bond acceptors (Lipinski definition) is 6. The van der Waals surface area contributed by atoms with E-state index in [0.717, 1.165) is 17.0 Å². The van der Waals surface area contributed by atoms with Crippen LogP contribution in [0.15, 0.2) is 24.3 Å². The van der Waals surface area contributed by atoms with Gasteiger partial charge in [0.2, 0.25) is 5.91 Å². The summed E-state index contributed by atoms with van der Waals surface area (Å²) in [6, 6.07) is 7.04. The summed E-state index contributed by atoms with van der Waals surface area (Å²) in [7, 11) is 1.31. The molecule has 26 heavy (non-hydrogen) atoms. The first kappa shape index (κ1) is 16.2. The maximum absolute atomic E-state index is 12.2. The summed E-state index contributed by atoms with van der Waals surface area (Å²) >= 11 is 0. The zero-order valence-electron chi connectivity index (χ0n) is 14.6. The zero-order chi connectivity index (χ0) is 18.4. The van der Waals surface area contributed by atoms with Crippen LogP contribution in [0.3, 0.4) is 0 Å². The Morgan fingerprint density at radius 3 is 2.88 bits per heavy atom. The van der Waals surface area contributed by atoms with E-state index in [-0.39, 0.29) is 23.9 Å². The molecule has 0 aliphatic carbocycles. The average Bonchev–Trinajstić information content (AvgIpc) is 2.99. The Kier molecular flexibility index (Phi) is 3.68. The third kappa shape index (κ3) is 2.50. The number of carbonyl (C=O) groups excluding carboxylic acids is 2. The summed E-state index contributed by atoms with van der Waals surface area (Å²) < 4.78 is 6.47. The van der Waals surface area contributed by atoms with Crippen molar-refractivity contribution in [1.29, 1.82) is 0 Å². The van der Waals surface area contributed by atoms with Gasteiger partial charge in [-0.2, -0.15) is 0 Å². The number of methoxy groups -OCH3 is 1. The number of aryl methyl sites for hydroxylation is 2. The second-order valence-corrected chi connectivity index (χ2v) is 6.28. The second kappa shape index (κ2) is 5.91. The van der Waals surface area contributed by atoms with Gasteiger partial charge in [-0.05, 0) is 32.0 Å². The largest absolute Gasteiger partial charge is 0.464 e. The van der Waals surface area contributed by atoms with Crippen molar-refractivity contribution in [3.05, 3.63) is 52.6 Å². The van der Waals surface area contributed by atoms with Crippen LogP contribution < -0.4 is 5.32 Å². The normalized spacial score (nSPS) is 16.3. The molecule has 4 heterocycles. The van der Waals surface area contributed by atoms with Gasteiger partial charge in [0.1, 0.15) is 5.69 Å². The number of aromatic nitrogens is 4. The van der Waals surface area contributed by atoms with E-state index in [1.165, 1.54) is 7.11 Å². The number of hydrogen-bond donors (Lipinski definition) is 1. The van der Waals surface area contributed by atoms with Crippen molar-refractivity contribution in [1.82, 2.24) is 19.6 Å². The molecule has 1 unspecified atom stereocenters. The first-order valence-electron chi connectivity index (χ1n) is 8.20. The SMILES string of the molecule is COC(=O)c1cccc(C2CC(=O)Nc3nn4c(C)cc(C)nc4c32)n1. The Balaban J connectivity index is 1.92. The van der Waals surface area contributed by atoms with E-state index in [4.69, 9.17) is 4.74 Å². The van der Waals surface area contributed by atoms with Crippen LogP contribution in [0.4, 0.5) is 5.82 Å². The Labute approximate surface area is 149 Å². The molecule has 0 spiro atoms. The van der Waals surface area contributed by atoms with E-state index in [1.807, 2.05) is 19.9 Å². The van der Waals surface area contributed by atoms with Crippen LogP contribution in [0.5, 0.6) is 0 Å². The number of fused-ring (bicyclic) bond motifs is 3. The predicted octanol–water partition coefficient (Wildman–Crippen LogP) is 2.00. The molecule has 1 atom stereocenters. The van der Waals surface area contributed by atoms with Crippen molar-refractivity contribution in [3.8, 4) is 0 Å². The third-order valence-electron chi connectivity index (χ3n) is 4.45. The number of nitrogens with zero attached hydrogens (tertiary/aromatic N) is 4. The standard InChI is InChI=1S/C18H17N5O3/c1-9-7-10(2)23-17(19-9)15-11(8-14(24)21-16(15)22-23)12-5-4-6-13(20-12)18(25)26-3/h4-7,11H,8H2,1-3H3,(H,21,22,24). The number of amides is 1. The fraction of sp³-hybridized carbons (Fsp3) is 0.278. The van der Waals surface area contributed by atoms with Gasteiger partial charge in [-0.25, -0.2) is 19.3 Å². The lowest BCUT2D eigenvalue weighted by Crippen LogP contribution is -2.24. The first-order chi connectivity index (χ1) is 12.5. The molecule has 1 amide bonds. The van der Waals surface area contributed by atoms with Crippen LogP contribution in [0.2, 0.25) is 0 Å². The van der Waals surface area contributed by atoms with Gasteiger partial charge in [-0.1, -0.05) is 6.07 Å². The maximum Gasteiger partial charge on any atom is 0.356 e. The van der Waals surface area contributed by atoms with Crippen LogP contribution in [0.25, 0.3) is 5.65 Å². The Hall–Kier alpha value is -3.29. The Morgan fingerprint density at radius 2 is 2.12 bits per heavy atom. The molecule has 0 bridgehead atoms. The van der Waals surface area contributed by atoms with Gasteiger partial charge in [0, 0.05) is 29.4 Å². The number of ether oxygens (including phenoxy) is 1. The van der Waals surface area contributed by atoms with E-state index < -0.39 is 5.97 Å². The van der Waals surface area contributed by atoms with Crippen molar-refractivity contribution < 1.29 is 14.3 Å². The molecule has 0 radical (unpaired) electrons. The van der Waals surface area contributed by atoms with E-state index >= 15 is 0 Å². The highest BCUT2D eigenvalue weighted by atomic mass is 16.5. The quantitative estimate of drug-likeness (QED) is 0.709. The lowest BCUT2D eigenvalue weighted by atomic mass is 9.90. The van der Waals surface area contributed by atoms with Gasteiger partial charge in [0.05, 0.1) is 12.7 Å². The highest BCUT2D eigenvalue weighted by Crippen LogP contribution is 2.38. The number of carbonyl (C=O) groups is 2. The summed E-state index contributed by atoms with van der Waals surface area (Å²) in [5, 5.41) is 7.31. The van der Waals surface area contributed by atoms with Crippen molar-refractivity contribution in [3.63, 3.8) is 0 Å². The highest BCUT2D eigenvalue weighted by Gasteiger charge is 2.33. The molecule has 1 aliphatic heterocycles. The zero-order valence-corrected chi connectivity index (χ0v) is 14.6. The summed E-state index contributed by atoms with van der Waals surface area (Å²) in [5.74, 6) is -0.519. The van der Waals surface area contributed by atoms with Crippen molar-refractivity contribution >= 4 is 23.3 Å². The molecular formula is C18H17N5O3. The molecule has 8 heteroatoms. The second-order valence-electron chi connectivity index (χ2n) is 6.28. The van der Waals surface area contributed by atoms with Crippen LogP contribution in [-0.4, -0.2) is 38.6 Å². The van der Waals surface area contributed by atoms with Crippen LogP contribution in [0.1, 0.15) is 45.5 Å². The van der Waals surface area contributed by atoms with Crippen molar-refractivity contribution in [2.24, 2.45) is 0 Å². The number of esters is 1. The number of anilines is 1. The molecule has 1 aliphatic rings. The molecular weight excluding hydrogens is 334 g/mol. The molecule has 0 saturated heterocycles. The van der Waals surface area contributed by atoms with Crippen molar-refractivity contribution in [2.75, 3.05) is 12.4 Å². The Bertz CT molecular complexity index is 1060. The summed E-state index contributed by atoms with van der Waals surface area (Å²) in [6.07, 6.45) is 0.209. The molecule has 4 rings (SSSR count). The summed E-state index contributed by atoms with van der Waals surface area (Å²) in [5.41, 5.74) is 4.10. The topological polar surface area (TPSA) is 98.5 Å². The molecule has 132 valence electrons. The third-order valence-corrected chi connectivity index (χ3v) is 4.45. The van der Waals surface area contributed by atoms with Crippen LogP contribution >= 0.6 is 0 Å². The first-order valence-corrected chi connectivity index (χ1v) is 8.20. The maximum atomic E-state index is 12.2. The minimum atomic E-state index is -0.517. The minimum Gasteiger partial charge on any atom is -0.464 e. The van der Waals surface area contributed by atoms with Gasteiger partial charge in [0.15, 0.2) is 11.5 Å². The van der Waals surface area contributed by atoms with Gasteiger partial charge in [-0.3, -0.25) is 4.79 Å². The fourth-order valence-electron chi connectivity index (χ4n) is 3.34. The van der Waals surface area contributed by atoms with E-state index in [9.17, 15) is 9.59 Å². The molecule has 0 aromatic carbocycles. The molecule has 8 nitrogen and oxygen atoms in total. The highest BCUT2D eigenvalue weighted by molar-refractivity contribution is 5.96. The summed E-state index contributed by atoms with van der Waals surface area (Å²) in [6.45, 7) is 3.85. The number of pyridine rings is 1. The molecule has 0 saturated carbocycles. The molecule has 1 N–H and O–H groups in total. The molecule has 0 fully saturated rings. The lowest BCUT2D eigenvalue weighted by Gasteiger charge is -2.21. The Morgan fingerprint density at radius 1 is 1.31 bits per heavy atom. The fourth-order valence-corrected chi connectivity index (χ4v) is 3.34. The van der Waals surface area contributed by atoms with Crippen LogP contribution in [-0.2, 0) is 9.53 Å². The minimum absolute atomic E-state index is 0.148. The average molecular weight is 351 g/mol. The van der Waals surface area contributed by atoms with Gasteiger partial charge >= 0.3 is 5.97 Å². The van der Waals surface area contributed by atoms with Crippen molar-refractivity contribution in [2.45, 2.75) is 26.2 Å². The lowest BCUT2D eigenvalue weighted by molar-refractivity contribution is -0.116. The van der Waals surface area contributed by atoms with E-state index in [1.54, 1.807) is 22.7 Å². The van der Waals surface area contributed by atoms with E-state index in [2.05, 4.69) is 20.4 Å². The number of nitrogens with one attached hydrogen (secondary N) is 1. The monoisotopic (exact) mass is 351 g/mol. The predicted molar refractivity (Wildman–Crippen MR) is 93.1 cm³/mol. The van der Waals surface area contributed by atoms with Gasteiger partial charge in [0.25, 0.3) is 0 Å². The van der Waals surface area contributed by atoms with Gasteiger partial charge in [-0.15, -0.1) is 5.10 Å². The molecule has 3 aromatic heterocycles. The number of rotatable bonds is 2. The van der Waals surface area contributed by atoms with Crippen LogP contribution in [0, 0.1) is 13.8 Å². The van der Waals surface area contributed by atoms with Gasteiger partial charge < -0.3 is 10.1 Å².